The van der Waals surface area contributed by atoms with Crippen molar-refractivity contribution in [1.82, 2.24) is 10.2 Å². The number of alkyl carbamates (subject to hydrolysis) is 1. The molecule has 12 heavy (non-hydrogen) atoms. The van der Waals surface area contributed by atoms with E-state index in [1.54, 1.807) is 0 Å². The maximum absolute atomic E-state index is 10.7. The SMILES string of the molecule is CNC(=O)OCN1COC1(C)C. The molecule has 5 nitrogen and oxygen atoms in total. The first-order valence-corrected chi connectivity index (χ1v) is 3.80. The van der Waals surface area contributed by atoms with E-state index in [0.717, 1.165) is 0 Å². The predicted molar refractivity (Wildman–Crippen MR) is 42.3 cm³/mol. The van der Waals surface area contributed by atoms with Crippen LogP contribution in [0, 0.1) is 0 Å². The summed E-state index contributed by atoms with van der Waals surface area (Å²) in [5.74, 6) is 0. The molecule has 1 aliphatic heterocycles. The molecule has 0 aromatic carbocycles. The molecule has 1 aliphatic rings. The maximum Gasteiger partial charge on any atom is 0.408 e. The fourth-order valence-corrected chi connectivity index (χ4v) is 0.815. The molecule has 0 radical (unpaired) electrons. The minimum absolute atomic E-state index is 0.271. The van der Waals surface area contributed by atoms with Crippen molar-refractivity contribution < 1.29 is 14.3 Å². The molecule has 0 atom stereocenters. The van der Waals surface area contributed by atoms with Crippen molar-refractivity contribution in [3.05, 3.63) is 0 Å². The van der Waals surface area contributed by atoms with E-state index in [-0.39, 0.29) is 12.5 Å². The molecule has 0 unspecified atom stereocenters. The molecule has 0 saturated carbocycles. The molecule has 0 spiro atoms. The highest BCUT2D eigenvalue weighted by atomic mass is 16.6. The first-order chi connectivity index (χ1) is 5.56. The molecule has 1 N–H and O–H groups in total. The van der Waals surface area contributed by atoms with E-state index >= 15 is 0 Å². The fourth-order valence-electron chi connectivity index (χ4n) is 0.815. The van der Waals surface area contributed by atoms with Crippen molar-refractivity contribution in [1.29, 1.82) is 0 Å². The fraction of sp³-hybridized carbons (Fsp3) is 0.857. The van der Waals surface area contributed by atoms with Crippen LogP contribution < -0.4 is 5.32 Å². The predicted octanol–water partition coefficient (Wildman–Crippen LogP) is 0.326. The van der Waals surface area contributed by atoms with Gasteiger partial charge >= 0.3 is 6.09 Å². The molecule has 0 aromatic rings. The third kappa shape index (κ3) is 1.86. The highest BCUT2D eigenvalue weighted by Crippen LogP contribution is 2.25. The van der Waals surface area contributed by atoms with Crippen LogP contribution >= 0.6 is 0 Å². The smallest absolute Gasteiger partial charge is 0.408 e. The third-order valence-corrected chi connectivity index (χ3v) is 1.89. The number of amides is 1. The number of hydrogen-bond donors (Lipinski definition) is 1. The van der Waals surface area contributed by atoms with Crippen LogP contribution in [0.5, 0.6) is 0 Å². The van der Waals surface area contributed by atoms with Crippen molar-refractivity contribution in [3.63, 3.8) is 0 Å². The highest BCUT2D eigenvalue weighted by molar-refractivity contribution is 5.66. The van der Waals surface area contributed by atoms with Crippen LogP contribution in [0.1, 0.15) is 13.8 Å². The van der Waals surface area contributed by atoms with Gasteiger partial charge in [-0.05, 0) is 13.8 Å². The summed E-state index contributed by atoms with van der Waals surface area (Å²) in [6, 6.07) is 0. The zero-order chi connectivity index (χ0) is 9.19. The van der Waals surface area contributed by atoms with Crippen LogP contribution in [0.25, 0.3) is 0 Å². The monoisotopic (exact) mass is 174 g/mol. The molecule has 1 fully saturated rings. The maximum atomic E-state index is 10.7. The van der Waals surface area contributed by atoms with E-state index in [2.05, 4.69) is 5.32 Å². The van der Waals surface area contributed by atoms with E-state index in [4.69, 9.17) is 9.47 Å². The zero-order valence-corrected chi connectivity index (χ0v) is 7.59. The van der Waals surface area contributed by atoms with Gasteiger partial charge in [-0.1, -0.05) is 0 Å². The van der Waals surface area contributed by atoms with Crippen molar-refractivity contribution in [3.8, 4) is 0 Å². The van der Waals surface area contributed by atoms with Crippen LogP contribution in [0.2, 0.25) is 0 Å². The van der Waals surface area contributed by atoms with Gasteiger partial charge in [0.2, 0.25) is 0 Å². The Labute approximate surface area is 71.6 Å². The van der Waals surface area contributed by atoms with Crippen LogP contribution in [0.3, 0.4) is 0 Å². The number of rotatable bonds is 2. The molecule has 0 aromatic heterocycles. The first-order valence-electron chi connectivity index (χ1n) is 3.80. The van der Waals surface area contributed by atoms with Crippen molar-refractivity contribution >= 4 is 6.09 Å². The molecular weight excluding hydrogens is 160 g/mol. The molecule has 0 aliphatic carbocycles. The average Bonchev–Trinajstić information content (AvgIpc) is 2.02. The number of carbonyl (C=O) groups is 1. The molecular formula is C7H14N2O3. The summed E-state index contributed by atoms with van der Waals surface area (Å²) in [5.41, 5.74) is -0.298. The van der Waals surface area contributed by atoms with E-state index in [1.807, 2.05) is 18.7 Å². The van der Waals surface area contributed by atoms with Crippen molar-refractivity contribution in [2.45, 2.75) is 19.6 Å². The number of nitrogens with one attached hydrogen (secondary N) is 1. The number of carbonyl (C=O) groups excluding carboxylic acids is 1. The van der Waals surface area contributed by atoms with Gasteiger partial charge < -0.3 is 14.8 Å². The summed E-state index contributed by atoms with van der Waals surface area (Å²) >= 11 is 0. The molecule has 70 valence electrons. The lowest BCUT2D eigenvalue weighted by atomic mass is 10.2. The largest absolute Gasteiger partial charge is 0.433 e. The average molecular weight is 174 g/mol. The molecule has 5 heteroatoms. The van der Waals surface area contributed by atoms with Gasteiger partial charge in [0.25, 0.3) is 0 Å². The Morgan fingerprint density at radius 1 is 1.75 bits per heavy atom. The second-order valence-electron chi connectivity index (χ2n) is 3.07. The zero-order valence-electron chi connectivity index (χ0n) is 7.59. The molecule has 1 amide bonds. The van der Waals surface area contributed by atoms with Gasteiger partial charge in [-0.3, -0.25) is 0 Å². The van der Waals surface area contributed by atoms with E-state index in [9.17, 15) is 4.79 Å². The van der Waals surface area contributed by atoms with E-state index in [0.29, 0.717) is 6.73 Å². The summed E-state index contributed by atoms with van der Waals surface area (Å²) in [6.45, 7) is 4.63. The summed E-state index contributed by atoms with van der Waals surface area (Å²) in [4.78, 5) is 12.6. The normalized spacial score (nSPS) is 21.2. The topological polar surface area (TPSA) is 50.8 Å². The van der Waals surface area contributed by atoms with Gasteiger partial charge in [0, 0.05) is 7.05 Å². The van der Waals surface area contributed by atoms with Crippen LogP contribution in [0.4, 0.5) is 4.79 Å². The first kappa shape index (κ1) is 9.28. The molecule has 1 rings (SSSR count). The summed E-state index contributed by atoms with van der Waals surface area (Å²) < 4.78 is 10.0. The summed E-state index contributed by atoms with van der Waals surface area (Å²) in [6.07, 6.45) is -0.419. The Balaban J connectivity index is 2.20. The highest BCUT2D eigenvalue weighted by Gasteiger charge is 2.37. The minimum Gasteiger partial charge on any atom is -0.433 e. The second-order valence-corrected chi connectivity index (χ2v) is 3.07. The van der Waals surface area contributed by atoms with Crippen molar-refractivity contribution in [2.24, 2.45) is 0 Å². The number of nitrogens with zero attached hydrogens (tertiary/aromatic N) is 1. The van der Waals surface area contributed by atoms with Gasteiger partial charge in [0.1, 0.15) is 12.5 Å². The van der Waals surface area contributed by atoms with Crippen molar-refractivity contribution in [2.75, 3.05) is 20.5 Å². The Hall–Kier alpha value is -0.810. The van der Waals surface area contributed by atoms with Crippen LogP contribution in [0.15, 0.2) is 0 Å². The molecule has 1 saturated heterocycles. The van der Waals surface area contributed by atoms with Gasteiger partial charge in [0.15, 0.2) is 6.73 Å². The minimum atomic E-state index is -0.419. The summed E-state index contributed by atoms with van der Waals surface area (Å²) in [5, 5.41) is 2.37. The van der Waals surface area contributed by atoms with Gasteiger partial charge in [-0.15, -0.1) is 0 Å². The summed E-state index contributed by atoms with van der Waals surface area (Å²) in [7, 11) is 1.53. The lowest BCUT2D eigenvalue weighted by molar-refractivity contribution is -0.298. The quantitative estimate of drug-likeness (QED) is 0.655. The Morgan fingerprint density at radius 3 is 2.75 bits per heavy atom. The lowest BCUT2D eigenvalue weighted by Gasteiger charge is -2.46. The van der Waals surface area contributed by atoms with Gasteiger partial charge in [-0.2, -0.15) is 0 Å². The van der Waals surface area contributed by atoms with Gasteiger partial charge in [0.05, 0.1) is 0 Å². The van der Waals surface area contributed by atoms with Gasteiger partial charge in [-0.25, -0.2) is 9.69 Å². The Bertz CT molecular complexity index is 181. The Morgan fingerprint density at radius 2 is 2.42 bits per heavy atom. The Kier molecular flexibility index (Phi) is 2.54. The van der Waals surface area contributed by atoms with Crippen LogP contribution in [-0.2, 0) is 9.47 Å². The van der Waals surface area contributed by atoms with E-state index < -0.39 is 6.09 Å². The molecule has 0 bridgehead atoms. The van der Waals surface area contributed by atoms with Crippen LogP contribution in [-0.4, -0.2) is 37.2 Å². The number of ether oxygens (including phenoxy) is 2. The van der Waals surface area contributed by atoms with E-state index in [1.165, 1.54) is 7.05 Å². The molecule has 1 heterocycles. The second kappa shape index (κ2) is 3.28. The standard InChI is InChI=1S/C7H14N2O3/c1-7(2)9(5-12-7)4-11-6(10)8-3/h4-5H2,1-3H3,(H,8,10). The number of hydrogen-bond acceptors (Lipinski definition) is 4. The third-order valence-electron chi connectivity index (χ3n) is 1.89. The lowest BCUT2D eigenvalue weighted by Crippen LogP contribution is -2.59.